The van der Waals surface area contributed by atoms with E-state index in [-0.39, 0.29) is 0 Å². The number of aromatic carboxylic acids is 1. The van der Waals surface area contributed by atoms with E-state index in [1.54, 1.807) is 14.2 Å². The van der Waals surface area contributed by atoms with E-state index in [1.165, 1.54) is 11.3 Å². The lowest BCUT2D eigenvalue weighted by atomic mass is 10.1. The van der Waals surface area contributed by atoms with E-state index < -0.39 is 5.97 Å². The molecule has 0 bridgehead atoms. The van der Waals surface area contributed by atoms with Crippen LogP contribution in [0.1, 0.15) is 32.9 Å². The van der Waals surface area contributed by atoms with Crippen molar-refractivity contribution in [1.82, 2.24) is 4.98 Å². The number of carbonyl (C=O) groups is 1. The Morgan fingerprint density at radius 3 is 2.52 bits per heavy atom. The zero-order valence-electron chi connectivity index (χ0n) is 12.2. The van der Waals surface area contributed by atoms with E-state index in [9.17, 15) is 4.79 Å². The molecule has 2 aromatic rings. The van der Waals surface area contributed by atoms with Crippen LogP contribution >= 0.6 is 11.3 Å². The normalized spacial score (nSPS) is 10.4. The molecule has 0 spiro atoms. The number of carboxylic acid groups (broad SMARTS) is 1. The predicted octanol–water partition coefficient (Wildman–Crippen LogP) is 3.01. The maximum Gasteiger partial charge on any atom is 0.347 e. The molecule has 0 unspecified atom stereocenters. The smallest absolute Gasteiger partial charge is 0.347 e. The maximum atomic E-state index is 11.2. The third-order valence-electron chi connectivity index (χ3n) is 3.07. The number of rotatable bonds is 6. The second kappa shape index (κ2) is 6.58. The molecule has 0 saturated carbocycles. The highest BCUT2D eigenvalue weighted by molar-refractivity contribution is 7.13. The van der Waals surface area contributed by atoms with Crippen molar-refractivity contribution in [3.8, 4) is 11.5 Å². The average Bonchev–Trinajstić information content (AvgIpc) is 2.90. The third kappa shape index (κ3) is 3.33. The highest BCUT2D eigenvalue weighted by atomic mass is 32.1. The zero-order valence-corrected chi connectivity index (χ0v) is 13.0. The molecular weight excluding hydrogens is 290 g/mol. The summed E-state index contributed by atoms with van der Waals surface area (Å²) in [5.41, 5.74) is 1.64. The van der Waals surface area contributed by atoms with Gasteiger partial charge in [0.15, 0.2) is 11.5 Å². The Kier molecular flexibility index (Phi) is 4.80. The summed E-state index contributed by atoms with van der Waals surface area (Å²) in [4.78, 5) is 15.9. The minimum absolute atomic E-state index is 0.327. The fourth-order valence-corrected chi connectivity index (χ4v) is 3.07. The van der Waals surface area contributed by atoms with Crippen molar-refractivity contribution < 1.29 is 19.4 Å². The van der Waals surface area contributed by atoms with Crippen molar-refractivity contribution in [2.45, 2.75) is 19.8 Å². The summed E-state index contributed by atoms with van der Waals surface area (Å²) >= 11 is 1.23. The Balaban J connectivity index is 2.28. The van der Waals surface area contributed by atoms with E-state index in [1.807, 2.05) is 25.1 Å². The standard InChI is InChI=1S/C15H17NO4S/c1-4-10-14(15(17)18)21-13(16-10)8-9-5-6-11(19-2)12(7-9)20-3/h5-7H,4,8H2,1-3H3,(H,17,18). The van der Waals surface area contributed by atoms with Crippen molar-refractivity contribution in [2.24, 2.45) is 0 Å². The second-order valence-electron chi connectivity index (χ2n) is 4.41. The first-order chi connectivity index (χ1) is 10.1. The van der Waals surface area contributed by atoms with Gasteiger partial charge in [0.25, 0.3) is 0 Å². The summed E-state index contributed by atoms with van der Waals surface area (Å²) in [6, 6.07) is 5.64. The van der Waals surface area contributed by atoms with Crippen LogP contribution in [0, 0.1) is 0 Å². The van der Waals surface area contributed by atoms with Crippen LogP contribution in [0.15, 0.2) is 18.2 Å². The average molecular weight is 307 g/mol. The molecular formula is C15H17NO4S. The number of methoxy groups -OCH3 is 2. The number of hydrogen-bond donors (Lipinski definition) is 1. The van der Waals surface area contributed by atoms with Gasteiger partial charge in [0.1, 0.15) is 4.88 Å². The molecule has 0 radical (unpaired) electrons. The SMILES string of the molecule is CCc1nc(Cc2ccc(OC)c(OC)c2)sc1C(=O)O. The molecule has 21 heavy (non-hydrogen) atoms. The largest absolute Gasteiger partial charge is 0.493 e. The van der Waals surface area contributed by atoms with E-state index in [2.05, 4.69) is 4.98 Å². The molecule has 0 aliphatic rings. The third-order valence-corrected chi connectivity index (χ3v) is 4.16. The molecule has 112 valence electrons. The van der Waals surface area contributed by atoms with Crippen molar-refractivity contribution in [2.75, 3.05) is 14.2 Å². The molecule has 2 rings (SSSR count). The fraction of sp³-hybridized carbons (Fsp3) is 0.333. The van der Waals surface area contributed by atoms with Crippen LogP contribution in [0.3, 0.4) is 0 Å². The van der Waals surface area contributed by atoms with Crippen LogP contribution in [0.4, 0.5) is 0 Å². The molecule has 0 amide bonds. The van der Waals surface area contributed by atoms with E-state index in [4.69, 9.17) is 14.6 Å². The van der Waals surface area contributed by atoms with Crippen LogP contribution in [-0.2, 0) is 12.8 Å². The van der Waals surface area contributed by atoms with Gasteiger partial charge < -0.3 is 14.6 Å². The summed E-state index contributed by atoms with van der Waals surface area (Å²) < 4.78 is 10.5. The Labute approximate surface area is 127 Å². The van der Waals surface area contributed by atoms with Gasteiger partial charge in [-0.2, -0.15) is 0 Å². The molecule has 0 atom stereocenters. The Morgan fingerprint density at radius 2 is 2.00 bits per heavy atom. The predicted molar refractivity (Wildman–Crippen MR) is 80.8 cm³/mol. The number of aromatic nitrogens is 1. The minimum atomic E-state index is -0.914. The van der Waals surface area contributed by atoms with Gasteiger partial charge in [0.05, 0.1) is 24.9 Å². The second-order valence-corrected chi connectivity index (χ2v) is 5.49. The summed E-state index contributed by atoms with van der Waals surface area (Å²) in [5, 5.41) is 9.95. The number of carboxylic acids is 1. The van der Waals surface area contributed by atoms with Gasteiger partial charge in [0.2, 0.25) is 0 Å². The Hall–Kier alpha value is -2.08. The van der Waals surface area contributed by atoms with Gasteiger partial charge in [-0.15, -0.1) is 11.3 Å². The lowest BCUT2D eigenvalue weighted by molar-refractivity contribution is 0.0701. The van der Waals surface area contributed by atoms with Crippen molar-refractivity contribution in [3.63, 3.8) is 0 Å². The van der Waals surface area contributed by atoms with Crippen molar-refractivity contribution >= 4 is 17.3 Å². The quantitative estimate of drug-likeness (QED) is 0.888. The van der Waals surface area contributed by atoms with Crippen molar-refractivity contribution in [1.29, 1.82) is 0 Å². The number of benzene rings is 1. The van der Waals surface area contributed by atoms with Crippen molar-refractivity contribution in [3.05, 3.63) is 39.3 Å². The molecule has 1 N–H and O–H groups in total. The molecule has 0 fully saturated rings. The van der Waals surface area contributed by atoms with Gasteiger partial charge >= 0.3 is 5.97 Å². The van der Waals surface area contributed by atoms with E-state index >= 15 is 0 Å². The summed E-state index contributed by atoms with van der Waals surface area (Å²) in [5.74, 6) is 0.407. The number of hydrogen-bond acceptors (Lipinski definition) is 5. The number of aryl methyl sites for hydroxylation is 1. The highest BCUT2D eigenvalue weighted by Crippen LogP contribution is 2.29. The van der Waals surface area contributed by atoms with Crippen LogP contribution in [0.2, 0.25) is 0 Å². The first kappa shape index (κ1) is 15.3. The first-order valence-electron chi connectivity index (χ1n) is 6.51. The molecule has 1 heterocycles. The van der Waals surface area contributed by atoms with Gasteiger partial charge in [-0.1, -0.05) is 13.0 Å². The monoisotopic (exact) mass is 307 g/mol. The molecule has 0 saturated heterocycles. The van der Waals surface area contributed by atoms with Crippen LogP contribution in [0.25, 0.3) is 0 Å². The van der Waals surface area contributed by atoms with Gasteiger partial charge in [-0.25, -0.2) is 9.78 Å². The lowest BCUT2D eigenvalue weighted by Gasteiger charge is -2.08. The summed E-state index contributed by atoms with van der Waals surface area (Å²) in [6.07, 6.45) is 1.19. The van der Waals surface area contributed by atoms with Crippen LogP contribution in [0.5, 0.6) is 11.5 Å². The minimum Gasteiger partial charge on any atom is -0.493 e. The number of nitrogens with zero attached hydrogens (tertiary/aromatic N) is 1. The molecule has 0 aliphatic carbocycles. The highest BCUT2D eigenvalue weighted by Gasteiger charge is 2.16. The zero-order chi connectivity index (χ0) is 15.4. The molecule has 1 aromatic carbocycles. The Morgan fingerprint density at radius 1 is 1.29 bits per heavy atom. The lowest BCUT2D eigenvalue weighted by Crippen LogP contribution is -1.97. The molecule has 6 heteroatoms. The topological polar surface area (TPSA) is 68.7 Å². The van der Waals surface area contributed by atoms with E-state index in [0.29, 0.717) is 34.9 Å². The molecule has 1 aromatic heterocycles. The van der Waals surface area contributed by atoms with Crippen LogP contribution < -0.4 is 9.47 Å². The van der Waals surface area contributed by atoms with Crippen LogP contribution in [-0.4, -0.2) is 30.3 Å². The Bertz CT molecular complexity index is 651. The maximum absolute atomic E-state index is 11.2. The molecule has 5 nitrogen and oxygen atoms in total. The summed E-state index contributed by atoms with van der Waals surface area (Å²) in [7, 11) is 3.17. The van der Waals surface area contributed by atoms with Gasteiger partial charge in [-0.3, -0.25) is 0 Å². The number of thiazole rings is 1. The summed E-state index contributed by atoms with van der Waals surface area (Å²) in [6.45, 7) is 1.90. The fourth-order valence-electron chi connectivity index (χ4n) is 2.05. The molecule has 0 aliphatic heterocycles. The first-order valence-corrected chi connectivity index (χ1v) is 7.33. The van der Waals surface area contributed by atoms with E-state index in [0.717, 1.165) is 10.6 Å². The van der Waals surface area contributed by atoms with Gasteiger partial charge in [0, 0.05) is 6.42 Å². The number of ether oxygens (including phenoxy) is 2. The van der Waals surface area contributed by atoms with Gasteiger partial charge in [-0.05, 0) is 24.1 Å².